The predicted octanol–water partition coefficient (Wildman–Crippen LogP) is 4.62. The molecule has 0 amide bonds. The SMILES string of the molecule is CCC1(CC)C2=C(F)C(=O)C=CC2=C1c1ccccc1. The van der Waals surface area contributed by atoms with Crippen molar-refractivity contribution < 1.29 is 9.18 Å². The fraction of sp³-hybridized carbons (Fsp3) is 0.278. The van der Waals surface area contributed by atoms with E-state index in [-0.39, 0.29) is 5.41 Å². The van der Waals surface area contributed by atoms with Gasteiger partial charge in [-0.15, -0.1) is 0 Å². The molecule has 0 saturated carbocycles. The normalized spacial score (nSPS) is 20.1. The molecule has 0 radical (unpaired) electrons. The topological polar surface area (TPSA) is 17.1 Å². The molecule has 1 nitrogen and oxygen atoms in total. The van der Waals surface area contributed by atoms with E-state index in [0.717, 1.165) is 24.0 Å². The van der Waals surface area contributed by atoms with Crippen LogP contribution in [0.25, 0.3) is 5.57 Å². The lowest BCUT2D eigenvalue weighted by molar-refractivity contribution is -0.112. The zero-order valence-electron chi connectivity index (χ0n) is 11.7. The Morgan fingerprint density at radius 2 is 1.65 bits per heavy atom. The van der Waals surface area contributed by atoms with Crippen LogP contribution in [0.2, 0.25) is 0 Å². The first-order chi connectivity index (χ1) is 9.65. The average molecular weight is 268 g/mol. The van der Waals surface area contributed by atoms with E-state index in [1.54, 1.807) is 6.08 Å². The van der Waals surface area contributed by atoms with Gasteiger partial charge in [-0.2, -0.15) is 0 Å². The number of rotatable bonds is 3. The van der Waals surface area contributed by atoms with E-state index in [9.17, 15) is 9.18 Å². The van der Waals surface area contributed by atoms with Gasteiger partial charge in [0, 0.05) is 11.0 Å². The lowest BCUT2D eigenvalue weighted by Gasteiger charge is -2.48. The third-order valence-corrected chi connectivity index (χ3v) is 4.60. The number of carbonyl (C=O) groups excluding carboxylic acids is 1. The highest BCUT2D eigenvalue weighted by Crippen LogP contribution is 2.62. The minimum absolute atomic E-state index is 0.318. The van der Waals surface area contributed by atoms with Gasteiger partial charge in [0.15, 0.2) is 5.83 Å². The van der Waals surface area contributed by atoms with Crippen molar-refractivity contribution >= 4 is 11.4 Å². The second-order valence-corrected chi connectivity index (χ2v) is 5.33. The van der Waals surface area contributed by atoms with Crippen LogP contribution >= 0.6 is 0 Å². The molecule has 0 spiro atoms. The second-order valence-electron chi connectivity index (χ2n) is 5.33. The maximum absolute atomic E-state index is 14.3. The lowest BCUT2D eigenvalue weighted by Crippen LogP contribution is -2.37. The molecule has 20 heavy (non-hydrogen) atoms. The van der Waals surface area contributed by atoms with E-state index in [4.69, 9.17) is 0 Å². The van der Waals surface area contributed by atoms with Crippen molar-refractivity contribution in [3.8, 4) is 0 Å². The molecular formula is C18H17FO. The lowest BCUT2D eigenvalue weighted by atomic mass is 9.54. The Kier molecular flexibility index (Phi) is 2.97. The maximum Gasteiger partial charge on any atom is 0.214 e. The molecule has 2 heteroatoms. The predicted molar refractivity (Wildman–Crippen MR) is 78.7 cm³/mol. The Hall–Kier alpha value is -1.96. The summed E-state index contributed by atoms with van der Waals surface area (Å²) in [7, 11) is 0. The molecule has 0 unspecified atom stereocenters. The van der Waals surface area contributed by atoms with E-state index in [0.29, 0.717) is 5.57 Å². The molecule has 1 aromatic carbocycles. The average Bonchev–Trinajstić information content (AvgIpc) is 2.46. The first-order valence-electron chi connectivity index (χ1n) is 7.09. The van der Waals surface area contributed by atoms with Crippen molar-refractivity contribution in [1.29, 1.82) is 0 Å². The van der Waals surface area contributed by atoms with Gasteiger partial charge in [0.2, 0.25) is 5.78 Å². The van der Waals surface area contributed by atoms with Crippen LogP contribution in [0.4, 0.5) is 4.39 Å². The minimum atomic E-state index is -0.564. The fourth-order valence-corrected chi connectivity index (χ4v) is 3.55. The Bertz CT molecular complexity index is 658. The number of allylic oxidation sites excluding steroid dienone is 6. The summed E-state index contributed by atoms with van der Waals surface area (Å²) < 4.78 is 14.3. The van der Waals surface area contributed by atoms with Crippen LogP contribution < -0.4 is 0 Å². The van der Waals surface area contributed by atoms with Crippen LogP contribution in [0.15, 0.2) is 59.5 Å². The van der Waals surface area contributed by atoms with Crippen molar-refractivity contribution in [2.24, 2.45) is 5.41 Å². The van der Waals surface area contributed by atoms with Crippen molar-refractivity contribution in [2.45, 2.75) is 26.7 Å². The first-order valence-corrected chi connectivity index (χ1v) is 7.09. The molecular weight excluding hydrogens is 251 g/mol. The summed E-state index contributed by atoms with van der Waals surface area (Å²) in [6.07, 6.45) is 4.72. The molecule has 0 aromatic heterocycles. The van der Waals surface area contributed by atoms with E-state index < -0.39 is 11.6 Å². The van der Waals surface area contributed by atoms with Crippen LogP contribution in [0.5, 0.6) is 0 Å². The third kappa shape index (κ3) is 1.51. The van der Waals surface area contributed by atoms with Gasteiger partial charge < -0.3 is 0 Å². The molecule has 0 atom stereocenters. The zero-order chi connectivity index (χ0) is 14.3. The van der Waals surface area contributed by atoms with Crippen molar-refractivity contribution in [1.82, 2.24) is 0 Å². The Morgan fingerprint density at radius 3 is 2.25 bits per heavy atom. The summed E-state index contributed by atoms with van der Waals surface area (Å²) in [6.45, 7) is 4.12. The summed E-state index contributed by atoms with van der Waals surface area (Å²) in [5, 5.41) is 0. The van der Waals surface area contributed by atoms with Crippen molar-refractivity contribution in [3.63, 3.8) is 0 Å². The highest BCUT2D eigenvalue weighted by Gasteiger charge is 2.50. The van der Waals surface area contributed by atoms with Gasteiger partial charge in [-0.3, -0.25) is 4.79 Å². The van der Waals surface area contributed by atoms with Gasteiger partial charge in [0.05, 0.1) is 0 Å². The highest BCUT2D eigenvalue weighted by molar-refractivity contribution is 6.09. The summed E-state index contributed by atoms with van der Waals surface area (Å²) in [4.78, 5) is 11.6. The van der Waals surface area contributed by atoms with Gasteiger partial charge in [-0.05, 0) is 35.6 Å². The second kappa shape index (κ2) is 4.55. The molecule has 1 aromatic rings. The molecule has 0 fully saturated rings. The number of halogens is 1. The Morgan fingerprint density at radius 1 is 1.00 bits per heavy atom. The number of hydrogen-bond donors (Lipinski definition) is 0. The number of benzene rings is 1. The van der Waals surface area contributed by atoms with Crippen LogP contribution in [-0.2, 0) is 4.79 Å². The molecule has 2 aliphatic carbocycles. The van der Waals surface area contributed by atoms with Gasteiger partial charge in [-0.25, -0.2) is 4.39 Å². The molecule has 0 N–H and O–H groups in total. The first kappa shape index (κ1) is 13.0. The smallest absolute Gasteiger partial charge is 0.214 e. The van der Waals surface area contributed by atoms with Crippen molar-refractivity contribution in [2.75, 3.05) is 0 Å². The standard InChI is InChI=1S/C18H17FO/c1-3-18(4-2)15(12-8-6-5-7-9-12)13-10-11-14(20)17(19)16(13)18/h5-11H,3-4H2,1-2H3. The molecule has 0 aliphatic heterocycles. The Balaban J connectivity index is 2.27. The quantitative estimate of drug-likeness (QED) is 0.781. The number of hydrogen-bond acceptors (Lipinski definition) is 1. The Labute approximate surface area is 118 Å². The van der Waals surface area contributed by atoms with E-state index in [2.05, 4.69) is 26.0 Å². The summed E-state index contributed by atoms with van der Waals surface area (Å²) in [6, 6.07) is 10.1. The van der Waals surface area contributed by atoms with Crippen LogP contribution in [0.1, 0.15) is 32.3 Å². The fourth-order valence-electron chi connectivity index (χ4n) is 3.55. The van der Waals surface area contributed by atoms with Crippen LogP contribution in [-0.4, -0.2) is 5.78 Å². The number of ketones is 1. The third-order valence-electron chi connectivity index (χ3n) is 4.60. The van der Waals surface area contributed by atoms with Gasteiger partial charge in [0.25, 0.3) is 0 Å². The monoisotopic (exact) mass is 268 g/mol. The number of carbonyl (C=O) groups is 1. The van der Waals surface area contributed by atoms with Crippen LogP contribution in [0.3, 0.4) is 0 Å². The number of fused-ring (bicyclic) bond motifs is 1. The van der Waals surface area contributed by atoms with Crippen molar-refractivity contribution in [3.05, 3.63) is 65.0 Å². The molecule has 3 rings (SSSR count). The zero-order valence-corrected chi connectivity index (χ0v) is 11.7. The molecule has 2 aliphatic rings. The van der Waals surface area contributed by atoms with E-state index in [1.807, 2.05) is 18.2 Å². The summed E-state index contributed by atoms with van der Waals surface area (Å²) in [5.74, 6) is -1.06. The van der Waals surface area contributed by atoms with E-state index >= 15 is 0 Å². The largest absolute Gasteiger partial charge is 0.287 e. The maximum atomic E-state index is 14.3. The summed E-state index contributed by atoms with van der Waals surface area (Å²) in [5.41, 5.74) is 3.51. The van der Waals surface area contributed by atoms with Gasteiger partial charge in [0.1, 0.15) is 0 Å². The van der Waals surface area contributed by atoms with Gasteiger partial charge in [-0.1, -0.05) is 50.3 Å². The molecule has 0 saturated heterocycles. The molecule has 0 bridgehead atoms. The molecule has 0 heterocycles. The highest BCUT2D eigenvalue weighted by atomic mass is 19.1. The van der Waals surface area contributed by atoms with E-state index in [1.165, 1.54) is 11.6 Å². The minimum Gasteiger partial charge on any atom is -0.287 e. The summed E-state index contributed by atoms with van der Waals surface area (Å²) >= 11 is 0. The molecule has 102 valence electrons. The van der Waals surface area contributed by atoms with Crippen LogP contribution in [0, 0.1) is 5.41 Å². The van der Waals surface area contributed by atoms with Gasteiger partial charge >= 0.3 is 0 Å².